The van der Waals surface area contributed by atoms with Crippen molar-refractivity contribution in [3.05, 3.63) is 22.8 Å². The average molecular weight is 339 g/mol. The summed E-state index contributed by atoms with van der Waals surface area (Å²) in [5.41, 5.74) is -0.362. The van der Waals surface area contributed by atoms with Gasteiger partial charge in [0.2, 0.25) is 0 Å². The molecule has 3 rings (SSSR count). The van der Waals surface area contributed by atoms with Crippen LogP contribution in [0.25, 0.3) is 0 Å². The van der Waals surface area contributed by atoms with E-state index in [1.165, 1.54) is 0 Å². The molecular weight excluding hydrogens is 320 g/mol. The second-order valence-electron chi connectivity index (χ2n) is 7.11. The van der Waals surface area contributed by atoms with Crippen molar-refractivity contribution in [1.82, 2.24) is 4.98 Å². The van der Waals surface area contributed by atoms with Gasteiger partial charge < -0.3 is 14.7 Å². The number of esters is 1. The first-order chi connectivity index (χ1) is 10.7. The van der Waals surface area contributed by atoms with E-state index in [4.69, 9.17) is 21.4 Å². The number of carboxylic acids is 1. The third-order valence-corrected chi connectivity index (χ3v) is 4.54. The molecule has 2 atom stereocenters. The molecule has 0 spiro atoms. The van der Waals surface area contributed by atoms with Crippen LogP contribution in [0.4, 0.5) is 5.82 Å². The number of carbonyl (C=O) groups excluding carboxylic acids is 1. The highest BCUT2D eigenvalue weighted by Crippen LogP contribution is 2.52. The first kappa shape index (κ1) is 16.1. The fraction of sp³-hybridized carbons (Fsp3) is 0.562. The standard InChI is InChI=1S/C16H19ClN2O4/c1-16(2,3)23-15(22)8-4-5-11(18-13(8)17)19-6-9-10(7-19)12(9)14(20)21/h4-5,9-10,12H,6-7H2,1-3H3,(H,20,21). The van der Waals surface area contributed by atoms with Gasteiger partial charge in [-0.15, -0.1) is 0 Å². The van der Waals surface area contributed by atoms with Crippen LogP contribution in [0.1, 0.15) is 31.1 Å². The number of rotatable bonds is 3. The zero-order valence-corrected chi connectivity index (χ0v) is 14.0. The van der Waals surface area contributed by atoms with Crippen molar-refractivity contribution in [2.75, 3.05) is 18.0 Å². The van der Waals surface area contributed by atoms with Gasteiger partial charge in [0, 0.05) is 13.1 Å². The molecule has 23 heavy (non-hydrogen) atoms. The van der Waals surface area contributed by atoms with Gasteiger partial charge in [-0.1, -0.05) is 11.6 Å². The van der Waals surface area contributed by atoms with E-state index in [0.717, 1.165) is 0 Å². The minimum Gasteiger partial charge on any atom is -0.481 e. The van der Waals surface area contributed by atoms with E-state index >= 15 is 0 Å². The molecule has 1 saturated heterocycles. The van der Waals surface area contributed by atoms with E-state index in [1.54, 1.807) is 32.9 Å². The maximum atomic E-state index is 12.1. The maximum Gasteiger partial charge on any atom is 0.341 e. The minimum atomic E-state index is -0.717. The zero-order valence-electron chi connectivity index (χ0n) is 13.2. The summed E-state index contributed by atoms with van der Waals surface area (Å²) in [5, 5.41) is 9.15. The van der Waals surface area contributed by atoms with Crippen LogP contribution in [-0.2, 0) is 9.53 Å². The Hall–Kier alpha value is -1.82. The number of fused-ring (bicyclic) bond motifs is 1. The monoisotopic (exact) mass is 338 g/mol. The van der Waals surface area contributed by atoms with Gasteiger partial charge in [-0.3, -0.25) is 4.79 Å². The van der Waals surface area contributed by atoms with Crippen molar-refractivity contribution >= 4 is 29.4 Å². The number of halogens is 1. The Balaban J connectivity index is 1.69. The third-order valence-electron chi connectivity index (χ3n) is 4.26. The molecule has 0 radical (unpaired) electrons. The van der Waals surface area contributed by atoms with Gasteiger partial charge in [-0.05, 0) is 44.7 Å². The molecule has 1 N–H and O–H groups in total. The SMILES string of the molecule is CC(C)(C)OC(=O)c1ccc(N2CC3C(C2)C3C(=O)O)nc1Cl. The summed E-state index contributed by atoms with van der Waals surface area (Å²) in [6.07, 6.45) is 0. The lowest BCUT2D eigenvalue weighted by atomic mass is 10.2. The van der Waals surface area contributed by atoms with Crippen LogP contribution < -0.4 is 4.90 Å². The third kappa shape index (κ3) is 3.13. The van der Waals surface area contributed by atoms with Crippen molar-refractivity contribution in [1.29, 1.82) is 0 Å². The number of hydrogen-bond acceptors (Lipinski definition) is 5. The highest BCUT2D eigenvalue weighted by Gasteiger charge is 2.60. The Bertz CT molecular complexity index is 659. The first-order valence-corrected chi connectivity index (χ1v) is 7.93. The molecule has 0 bridgehead atoms. The summed E-state index contributed by atoms with van der Waals surface area (Å²) in [7, 11) is 0. The van der Waals surface area contributed by atoms with E-state index in [9.17, 15) is 9.59 Å². The van der Waals surface area contributed by atoms with E-state index in [2.05, 4.69) is 4.98 Å². The molecule has 2 fully saturated rings. The molecule has 1 aliphatic carbocycles. The molecule has 7 heteroatoms. The minimum absolute atomic E-state index is 0.104. The van der Waals surface area contributed by atoms with Gasteiger partial charge in [0.1, 0.15) is 16.6 Å². The fourth-order valence-electron chi connectivity index (χ4n) is 3.17. The number of aliphatic carboxylic acids is 1. The molecule has 1 aromatic rings. The van der Waals surface area contributed by atoms with Gasteiger partial charge in [-0.2, -0.15) is 0 Å². The lowest BCUT2D eigenvalue weighted by molar-refractivity contribution is -0.139. The van der Waals surface area contributed by atoms with Crippen LogP contribution in [-0.4, -0.2) is 40.7 Å². The molecule has 1 aromatic heterocycles. The van der Waals surface area contributed by atoms with Crippen molar-refractivity contribution in [2.45, 2.75) is 26.4 Å². The number of piperidine rings is 1. The number of aromatic nitrogens is 1. The van der Waals surface area contributed by atoms with Gasteiger partial charge in [0.05, 0.1) is 11.5 Å². The first-order valence-electron chi connectivity index (χ1n) is 7.55. The molecule has 2 heterocycles. The number of ether oxygens (including phenoxy) is 1. The van der Waals surface area contributed by atoms with E-state index in [0.29, 0.717) is 18.9 Å². The normalized spacial score (nSPS) is 25.9. The maximum absolute atomic E-state index is 12.1. The van der Waals surface area contributed by atoms with Crippen LogP contribution in [0.2, 0.25) is 5.15 Å². The number of anilines is 1. The van der Waals surface area contributed by atoms with Crippen molar-refractivity contribution in [3.8, 4) is 0 Å². The average Bonchev–Trinajstić information content (AvgIpc) is 2.92. The summed E-state index contributed by atoms with van der Waals surface area (Å²) in [4.78, 5) is 29.4. The molecule has 124 valence electrons. The molecule has 2 unspecified atom stereocenters. The van der Waals surface area contributed by atoms with E-state index in [1.807, 2.05) is 4.90 Å². The molecule has 0 amide bonds. The molecule has 1 aliphatic heterocycles. The number of nitrogens with zero attached hydrogens (tertiary/aromatic N) is 2. The van der Waals surface area contributed by atoms with E-state index < -0.39 is 17.5 Å². The number of carbonyl (C=O) groups is 2. The van der Waals surface area contributed by atoms with Crippen molar-refractivity contribution in [2.24, 2.45) is 17.8 Å². The second-order valence-corrected chi connectivity index (χ2v) is 7.46. The van der Waals surface area contributed by atoms with Gasteiger partial charge in [0.15, 0.2) is 0 Å². The zero-order chi connectivity index (χ0) is 16.9. The highest BCUT2D eigenvalue weighted by atomic mass is 35.5. The second kappa shape index (κ2) is 5.37. The highest BCUT2D eigenvalue weighted by molar-refractivity contribution is 6.32. The van der Waals surface area contributed by atoms with E-state index in [-0.39, 0.29) is 28.5 Å². The number of pyridine rings is 1. The Labute approximate surface area is 139 Å². The summed E-state index contributed by atoms with van der Waals surface area (Å²) >= 11 is 6.13. The Kier molecular flexibility index (Phi) is 3.75. The van der Waals surface area contributed by atoms with Crippen molar-refractivity contribution in [3.63, 3.8) is 0 Å². The fourth-order valence-corrected chi connectivity index (χ4v) is 3.39. The predicted molar refractivity (Wildman–Crippen MR) is 84.7 cm³/mol. The number of hydrogen-bond donors (Lipinski definition) is 1. The quantitative estimate of drug-likeness (QED) is 0.673. The van der Waals surface area contributed by atoms with Crippen LogP contribution in [0.3, 0.4) is 0 Å². The lowest BCUT2D eigenvalue weighted by Crippen LogP contribution is -2.27. The lowest BCUT2D eigenvalue weighted by Gasteiger charge is -2.22. The van der Waals surface area contributed by atoms with Crippen LogP contribution >= 0.6 is 11.6 Å². The molecular formula is C16H19ClN2O4. The Morgan fingerprint density at radius 3 is 2.39 bits per heavy atom. The van der Waals surface area contributed by atoms with Crippen molar-refractivity contribution < 1.29 is 19.4 Å². The summed E-state index contributed by atoms with van der Waals surface area (Å²) in [6.45, 7) is 6.69. The van der Waals surface area contributed by atoms with Gasteiger partial charge in [0.25, 0.3) is 0 Å². The Morgan fingerprint density at radius 1 is 1.30 bits per heavy atom. The topological polar surface area (TPSA) is 79.7 Å². The smallest absolute Gasteiger partial charge is 0.341 e. The Morgan fingerprint density at radius 2 is 1.91 bits per heavy atom. The molecule has 0 aromatic carbocycles. The van der Waals surface area contributed by atoms with Gasteiger partial charge in [-0.25, -0.2) is 9.78 Å². The van der Waals surface area contributed by atoms with Crippen LogP contribution in [0.15, 0.2) is 12.1 Å². The van der Waals surface area contributed by atoms with Crippen LogP contribution in [0.5, 0.6) is 0 Å². The number of carboxylic acid groups (broad SMARTS) is 1. The van der Waals surface area contributed by atoms with Gasteiger partial charge >= 0.3 is 11.9 Å². The van der Waals surface area contributed by atoms with Crippen LogP contribution in [0, 0.1) is 17.8 Å². The largest absolute Gasteiger partial charge is 0.481 e. The summed E-state index contributed by atoms with van der Waals surface area (Å²) in [6, 6.07) is 3.34. The molecule has 1 saturated carbocycles. The summed E-state index contributed by atoms with van der Waals surface area (Å²) in [5.74, 6) is -0.388. The predicted octanol–water partition coefficient (Wildman–Crippen LogP) is 2.46. The molecule has 6 nitrogen and oxygen atoms in total. The molecule has 2 aliphatic rings. The summed E-state index contributed by atoms with van der Waals surface area (Å²) < 4.78 is 5.29.